The van der Waals surface area contributed by atoms with Crippen molar-refractivity contribution in [3.05, 3.63) is 110 Å². The number of benzene rings is 3. The number of rotatable bonds is 6. The Morgan fingerprint density at radius 1 is 0.568 bits per heavy atom. The fraction of sp³-hybridized carbons (Fsp3) is 0.176. The molecule has 0 spiro atoms. The first kappa shape index (κ1) is 30.7. The van der Waals surface area contributed by atoms with Crippen LogP contribution in [0.5, 0.6) is 5.75 Å². The van der Waals surface area contributed by atoms with E-state index in [1.165, 1.54) is 33.1 Å². The second-order valence-electron chi connectivity index (χ2n) is 10.4. The van der Waals surface area contributed by atoms with E-state index in [0.717, 1.165) is 38.3 Å². The van der Waals surface area contributed by atoms with Crippen molar-refractivity contribution in [3.8, 4) is 37.8 Å². The average molecular weight is 706 g/mol. The Bertz CT molecular complexity index is 1890. The van der Waals surface area contributed by atoms with E-state index in [4.69, 9.17) is 4.74 Å². The number of hydrogen-bond acceptors (Lipinski definition) is 3. The van der Waals surface area contributed by atoms with Gasteiger partial charge in [0.2, 0.25) is 0 Å². The maximum absolute atomic E-state index is 15.6. The third-order valence-electron chi connectivity index (χ3n) is 7.76. The minimum atomic E-state index is -5.62. The predicted octanol–water partition coefficient (Wildman–Crippen LogP) is 12.0. The Kier molecular flexibility index (Phi) is 7.62. The van der Waals surface area contributed by atoms with Crippen LogP contribution in [-0.4, -0.2) is 24.9 Å². The monoisotopic (exact) mass is 704 g/mol. The highest BCUT2D eigenvalue weighted by atomic mass is 79.9. The van der Waals surface area contributed by atoms with Gasteiger partial charge in [-0.2, -0.15) is 26.3 Å². The summed E-state index contributed by atoms with van der Waals surface area (Å²) < 4.78 is 98.6. The van der Waals surface area contributed by atoms with Crippen molar-refractivity contribution in [1.82, 2.24) is 0 Å². The van der Waals surface area contributed by atoms with Crippen molar-refractivity contribution in [2.24, 2.45) is 0 Å². The maximum atomic E-state index is 15.6. The molecular weight excluding hydrogens is 682 g/mol. The van der Waals surface area contributed by atoms with Crippen molar-refractivity contribution < 1.29 is 31.1 Å². The van der Waals surface area contributed by atoms with Crippen molar-refractivity contribution in [3.63, 3.8) is 0 Å². The van der Waals surface area contributed by atoms with Gasteiger partial charge < -0.3 is 4.74 Å². The largest absolute Gasteiger partial charge is 0.497 e. The highest BCUT2D eigenvalue weighted by Gasteiger charge is 2.80. The molecule has 2 aromatic heterocycles. The molecule has 0 unspecified atom stereocenters. The number of aryl methyl sites for hydroxylation is 2. The van der Waals surface area contributed by atoms with Crippen LogP contribution < -0.4 is 4.74 Å². The van der Waals surface area contributed by atoms with E-state index >= 15 is 26.3 Å². The van der Waals surface area contributed by atoms with E-state index in [-0.39, 0.29) is 20.9 Å². The molecule has 226 valence electrons. The normalized spacial score (nSPS) is 16.9. The van der Waals surface area contributed by atoms with Gasteiger partial charge in [-0.25, -0.2) is 0 Å². The van der Waals surface area contributed by atoms with Crippen LogP contribution in [0, 0.1) is 13.8 Å². The van der Waals surface area contributed by atoms with Crippen LogP contribution >= 0.6 is 38.6 Å². The fourth-order valence-corrected chi connectivity index (χ4v) is 7.73. The summed E-state index contributed by atoms with van der Waals surface area (Å²) in [5, 5.41) is 0. The number of methoxy groups -OCH3 is 1. The summed E-state index contributed by atoms with van der Waals surface area (Å²) in [4.78, 5) is 1.45. The lowest BCUT2D eigenvalue weighted by molar-refractivity contribution is -0.254. The molecule has 0 atom stereocenters. The number of thiophene rings is 2. The molecule has 0 radical (unpaired) electrons. The predicted molar refractivity (Wildman–Crippen MR) is 170 cm³/mol. The van der Waals surface area contributed by atoms with E-state index in [1.807, 2.05) is 36.4 Å². The molecule has 5 aromatic rings. The summed E-state index contributed by atoms with van der Waals surface area (Å²) in [5.41, 5.74) is -0.137. The molecule has 0 N–H and O–H groups in total. The van der Waals surface area contributed by atoms with Gasteiger partial charge in [-0.05, 0) is 95.8 Å². The van der Waals surface area contributed by atoms with Gasteiger partial charge >= 0.3 is 17.8 Å². The molecule has 44 heavy (non-hydrogen) atoms. The van der Waals surface area contributed by atoms with Gasteiger partial charge in [0, 0.05) is 35.1 Å². The van der Waals surface area contributed by atoms with E-state index < -0.39 is 28.9 Å². The van der Waals surface area contributed by atoms with E-state index in [0.29, 0.717) is 26.6 Å². The molecule has 10 heteroatoms. The quantitative estimate of drug-likeness (QED) is 0.160. The van der Waals surface area contributed by atoms with Gasteiger partial charge in [0.05, 0.1) is 7.11 Å². The number of alkyl halides is 6. The van der Waals surface area contributed by atoms with Crippen molar-refractivity contribution in [1.29, 1.82) is 0 Å². The number of hydrogen-bond donors (Lipinski definition) is 0. The van der Waals surface area contributed by atoms with Gasteiger partial charge in [-0.1, -0.05) is 52.3 Å². The van der Waals surface area contributed by atoms with Gasteiger partial charge in [-0.15, -0.1) is 22.7 Å². The Labute approximate surface area is 266 Å². The first-order valence-corrected chi connectivity index (χ1v) is 15.8. The Hall–Kier alpha value is -3.34. The molecule has 1 aliphatic carbocycles. The summed E-state index contributed by atoms with van der Waals surface area (Å²) >= 11 is 5.57. The second kappa shape index (κ2) is 10.9. The molecule has 0 aliphatic heterocycles. The molecule has 2 heterocycles. The zero-order valence-corrected chi connectivity index (χ0v) is 26.7. The molecule has 0 fully saturated rings. The molecule has 0 saturated carbocycles. The lowest BCUT2D eigenvalue weighted by Gasteiger charge is -2.25. The van der Waals surface area contributed by atoms with Crippen molar-refractivity contribution in [2.45, 2.75) is 31.6 Å². The second-order valence-corrected chi connectivity index (χ2v) is 13.9. The van der Waals surface area contributed by atoms with Gasteiger partial charge in [-0.3, -0.25) is 0 Å². The zero-order valence-electron chi connectivity index (χ0n) is 23.5. The third kappa shape index (κ3) is 4.82. The zero-order chi connectivity index (χ0) is 31.6. The number of halogens is 7. The van der Waals surface area contributed by atoms with Crippen LogP contribution in [0.3, 0.4) is 0 Å². The summed E-state index contributed by atoms with van der Waals surface area (Å²) in [6.07, 6.45) is 0. The van der Waals surface area contributed by atoms with E-state index in [2.05, 4.69) is 15.9 Å². The van der Waals surface area contributed by atoms with Crippen LogP contribution in [0.25, 0.3) is 43.2 Å². The SMILES string of the molecule is COc1ccc(-c2cc(C3=C(c4cc(-c5ccc(-c6ccc(Br)cc6)cc5)sc4C)C(F)(F)C(F)(F)C3(F)F)c(C)s2)cc1. The summed E-state index contributed by atoms with van der Waals surface area (Å²) in [6, 6.07) is 24.3. The molecule has 1 nitrogen and oxygen atoms in total. The minimum absolute atomic E-state index is 0.230. The molecular formula is C34H23BrF6OS2. The molecule has 0 saturated heterocycles. The first-order chi connectivity index (χ1) is 20.8. The molecule has 0 amide bonds. The molecule has 1 aliphatic rings. The summed E-state index contributed by atoms with van der Waals surface area (Å²) in [7, 11) is 1.50. The Morgan fingerprint density at radius 3 is 1.34 bits per heavy atom. The van der Waals surface area contributed by atoms with E-state index in [9.17, 15) is 0 Å². The van der Waals surface area contributed by atoms with Gasteiger partial charge in [0.25, 0.3) is 0 Å². The lowest BCUT2D eigenvalue weighted by Crippen LogP contribution is -2.48. The Balaban J connectivity index is 1.48. The van der Waals surface area contributed by atoms with Crippen LogP contribution in [-0.2, 0) is 0 Å². The molecule has 6 rings (SSSR count). The number of ether oxygens (including phenoxy) is 1. The summed E-state index contributed by atoms with van der Waals surface area (Å²) in [6.45, 7) is 2.96. The van der Waals surface area contributed by atoms with Crippen molar-refractivity contribution in [2.75, 3.05) is 7.11 Å². The summed E-state index contributed by atoms with van der Waals surface area (Å²) in [5.74, 6) is -15.3. The van der Waals surface area contributed by atoms with Crippen LogP contribution in [0.15, 0.2) is 89.4 Å². The van der Waals surface area contributed by atoms with Gasteiger partial charge in [0.1, 0.15) is 5.75 Å². The highest BCUT2D eigenvalue weighted by Crippen LogP contribution is 2.66. The molecule has 3 aromatic carbocycles. The smallest absolute Gasteiger partial charge is 0.380 e. The van der Waals surface area contributed by atoms with E-state index in [1.54, 1.807) is 36.4 Å². The Morgan fingerprint density at radius 2 is 0.932 bits per heavy atom. The lowest BCUT2D eigenvalue weighted by atomic mass is 9.94. The molecule has 0 bridgehead atoms. The minimum Gasteiger partial charge on any atom is -0.497 e. The highest BCUT2D eigenvalue weighted by molar-refractivity contribution is 9.10. The van der Waals surface area contributed by atoms with Crippen LogP contribution in [0.2, 0.25) is 0 Å². The van der Waals surface area contributed by atoms with Gasteiger partial charge in [0.15, 0.2) is 0 Å². The van der Waals surface area contributed by atoms with Crippen molar-refractivity contribution >= 4 is 49.7 Å². The first-order valence-electron chi connectivity index (χ1n) is 13.4. The third-order valence-corrected chi connectivity index (χ3v) is 10.5. The number of allylic oxidation sites excluding steroid dienone is 2. The van der Waals surface area contributed by atoms with Crippen LogP contribution in [0.1, 0.15) is 20.9 Å². The topological polar surface area (TPSA) is 9.23 Å². The fourth-order valence-electron chi connectivity index (χ4n) is 5.40. The average Bonchev–Trinajstić information content (AvgIpc) is 3.60. The maximum Gasteiger partial charge on any atom is 0.380 e. The van der Waals surface area contributed by atoms with Crippen LogP contribution in [0.4, 0.5) is 26.3 Å². The standard InChI is InChI=1S/C34H23BrF6OS2/c1-18-26(16-28(43-18)22-6-4-20(5-7-22)21-8-12-24(35)13-9-21)30-31(33(38,39)34(40,41)32(30,36)37)27-17-29(44-19(27)2)23-10-14-25(42-3)15-11-23/h4-17H,1-3H3.